The number of rotatable bonds is 4. The number of ether oxygens (including phenoxy) is 1. The van der Waals surface area contributed by atoms with Gasteiger partial charge in [-0.3, -0.25) is 0 Å². The Kier molecular flexibility index (Phi) is 9.96. The summed E-state index contributed by atoms with van der Waals surface area (Å²) in [6, 6.07) is 6.31. The standard InChI is InChI=1S/C18H6Cl6I2O/c19-11-7-15(23)13(21)5-9(11)17(1-3-25)27-18(2-4-26)10-6-14(22)16(24)8-12(10)20/h5-8,17-18H. The predicted molar refractivity (Wildman–Crippen MR) is 133 cm³/mol. The second-order valence-electron chi connectivity index (χ2n) is 4.95. The molecule has 140 valence electrons. The van der Waals surface area contributed by atoms with Gasteiger partial charge in [-0.05, 0) is 32.1 Å². The lowest BCUT2D eigenvalue weighted by atomic mass is 10.1. The third-order valence-electron chi connectivity index (χ3n) is 3.29. The van der Waals surface area contributed by atoms with Gasteiger partial charge in [0.05, 0.1) is 20.1 Å². The Bertz CT molecular complexity index is 908. The summed E-state index contributed by atoms with van der Waals surface area (Å²) in [4.78, 5) is 0. The topological polar surface area (TPSA) is 9.23 Å². The third kappa shape index (κ3) is 6.35. The molecule has 0 bridgehead atoms. The summed E-state index contributed by atoms with van der Waals surface area (Å²) in [5.41, 5.74) is 1.12. The summed E-state index contributed by atoms with van der Waals surface area (Å²) in [5, 5.41) is 2.09. The zero-order valence-electron chi connectivity index (χ0n) is 12.9. The third-order valence-corrected chi connectivity index (χ3v) is 6.01. The molecule has 0 saturated carbocycles. The van der Waals surface area contributed by atoms with E-state index in [2.05, 4.69) is 19.7 Å². The second-order valence-corrected chi connectivity index (χ2v) is 8.47. The van der Waals surface area contributed by atoms with Crippen molar-refractivity contribution in [1.82, 2.24) is 0 Å². The fourth-order valence-electron chi connectivity index (χ4n) is 2.08. The van der Waals surface area contributed by atoms with Crippen molar-refractivity contribution in [2.75, 3.05) is 0 Å². The zero-order chi connectivity index (χ0) is 20.1. The van der Waals surface area contributed by atoms with Crippen molar-refractivity contribution in [3.05, 3.63) is 65.5 Å². The molecule has 2 aromatic rings. The van der Waals surface area contributed by atoms with Crippen LogP contribution in [0.5, 0.6) is 0 Å². The highest BCUT2D eigenvalue weighted by atomic mass is 127. The Balaban J connectivity index is 2.51. The van der Waals surface area contributed by atoms with Crippen LogP contribution in [-0.2, 0) is 4.74 Å². The van der Waals surface area contributed by atoms with E-state index in [1.807, 2.05) is 45.2 Å². The first kappa shape index (κ1) is 24.0. The molecule has 0 saturated heterocycles. The van der Waals surface area contributed by atoms with Gasteiger partial charge < -0.3 is 4.74 Å². The number of hydrogen-bond acceptors (Lipinski definition) is 1. The van der Waals surface area contributed by atoms with Crippen molar-refractivity contribution in [2.45, 2.75) is 12.2 Å². The zero-order valence-corrected chi connectivity index (χ0v) is 21.7. The van der Waals surface area contributed by atoms with E-state index in [1.165, 1.54) is 12.1 Å². The molecular weight excluding hydrogens is 699 g/mol. The van der Waals surface area contributed by atoms with Gasteiger partial charge in [-0.15, -0.1) is 0 Å². The van der Waals surface area contributed by atoms with Crippen molar-refractivity contribution >= 4 is 115 Å². The van der Waals surface area contributed by atoms with Gasteiger partial charge in [0.1, 0.15) is 12.2 Å². The highest BCUT2D eigenvalue weighted by Crippen LogP contribution is 2.38. The van der Waals surface area contributed by atoms with Crippen LogP contribution < -0.4 is 0 Å². The second kappa shape index (κ2) is 11.2. The molecule has 0 spiro atoms. The molecule has 27 heavy (non-hydrogen) atoms. The van der Waals surface area contributed by atoms with Gasteiger partial charge in [0.2, 0.25) is 0 Å². The van der Waals surface area contributed by atoms with E-state index >= 15 is 0 Å². The fraction of sp³-hybridized carbons (Fsp3) is 0.111. The molecule has 0 heterocycles. The Labute approximate surface area is 214 Å². The monoisotopic (exact) mass is 702 g/mol. The average molecular weight is 705 g/mol. The van der Waals surface area contributed by atoms with E-state index in [9.17, 15) is 0 Å². The highest BCUT2D eigenvalue weighted by molar-refractivity contribution is 14.1. The molecule has 2 unspecified atom stereocenters. The summed E-state index contributed by atoms with van der Waals surface area (Å²) in [6.07, 6.45) is -1.45. The van der Waals surface area contributed by atoms with Gasteiger partial charge >= 0.3 is 0 Å². The summed E-state index contributed by atoms with van der Waals surface area (Å²) in [5.74, 6) is 5.89. The highest BCUT2D eigenvalue weighted by Gasteiger charge is 2.23. The molecule has 0 aliphatic heterocycles. The lowest BCUT2D eigenvalue weighted by Crippen LogP contribution is -2.09. The van der Waals surface area contributed by atoms with Crippen LogP contribution in [0.3, 0.4) is 0 Å². The predicted octanol–water partition coefficient (Wildman–Crippen LogP) is 9.20. The van der Waals surface area contributed by atoms with Crippen LogP contribution in [0.15, 0.2) is 24.3 Å². The number of hydrogen-bond donors (Lipinski definition) is 0. The van der Waals surface area contributed by atoms with Crippen molar-refractivity contribution in [1.29, 1.82) is 0 Å². The van der Waals surface area contributed by atoms with Crippen molar-refractivity contribution in [2.24, 2.45) is 0 Å². The molecule has 0 radical (unpaired) electrons. The summed E-state index contributed by atoms with van der Waals surface area (Å²) < 4.78 is 11.7. The van der Waals surface area contributed by atoms with Gasteiger partial charge in [-0.1, -0.05) is 81.4 Å². The van der Waals surface area contributed by atoms with E-state index in [4.69, 9.17) is 74.3 Å². The van der Waals surface area contributed by atoms with E-state index < -0.39 is 12.2 Å². The normalized spacial score (nSPS) is 12.4. The van der Waals surface area contributed by atoms with Crippen LogP contribution in [0.4, 0.5) is 0 Å². The first-order chi connectivity index (χ1) is 12.8. The molecule has 2 aromatic carbocycles. The smallest absolute Gasteiger partial charge is 0.147 e. The molecule has 2 atom stereocenters. The van der Waals surface area contributed by atoms with E-state index in [0.29, 0.717) is 41.3 Å². The minimum atomic E-state index is -0.725. The molecule has 0 amide bonds. The maximum absolute atomic E-state index is 6.32. The molecule has 2 rings (SSSR count). The number of halogens is 8. The van der Waals surface area contributed by atoms with Gasteiger partial charge in [-0.2, -0.15) is 0 Å². The summed E-state index contributed by atoms with van der Waals surface area (Å²) >= 11 is 40.7. The lowest BCUT2D eigenvalue weighted by molar-refractivity contribution is 0.0517. The maximum atomic E-state index is 6.32. The quantitative estimate of drug-likeness (QED) is 0.175. The van der Waals surface area contributed by atoms with Gasteiger partial charge in [0.15, 0.2) is 0 Å². The van der Waals surface area contributed by atoms with Gasteiger partial charge in [0, 0.05) is 66.4 Å². The molecule has 0 aromatic heterocycles. The SMILES string of the molecule is Clc1cc(Cl)c(C(C#CI)OC(C#CI)c2cc(Cl)c(Cl)cc2Cl)cc1Cl. The van der Waals surface area contributed by atoms with E-state index in [0.717, 1.165) is 0 Å². The molecule has 0 aliphatic carbocycles. The number of benzene rings is 2. The van der Waals surface area contributed by atoms with Gasteiger partial charge in [-0.25, -0.2) is 0 Å². The van der Waals surface area contributed by atoms with E-state index in [1.54, 1.807) is 12.1 Å². The molecule has 0 aliphatic rings. The minimum absolute atomic E-state index is 0.336. The minimum Gasteiger partial charge on any atom is -0.340 e. The Morgan fingerprint density at radius 2 is 0.926 bits per heavy atom. The molecular formula is C18H6Cl6I2O. The van der Waals surface area contributed by atoms with Gasteiger partial charge in [0.25, 0.3) is 0 Å². The molecule has 9 heteroatoms. The van der Waals surface area contributed by atoms with Crippen LogP contribution in [0.25, 0.3) is 0 Å². The first-order valence-electron chi connectivity index (χ1n) is 6.95. The Morgan fingerprint density at radius 3 is 1.26 bits per heavy atom. The van der Waals surface area contributed by atoms with Crippen LogP contribution in [-0.4, -0.2) is 0 Å². The molecule has 0 fully saturated rings. The Hall–Kier alpha value is 0.720. The maximum Gasteiger partial charge on any atom is 0.147 e. The lowest BCUT2D eigenvalue weighted by Gasteiger charge is -2.21. The summed E-state index contributed by atoms with van der Waals surface area (Å²) in [7, 11) is 0. The fourth-order valence-corrected chi connectivity index (χ4v) is 3.96. The summed E-state index contributed by atoms with van der Waals surface area (Å²) in [6.45, 7) is 0. The first-order valence-corrected chi connectivity index (χ1v) is 11.4. The largest absolute Gasteiger partial charge is 0.340 e. The average Bonchev–Trinajstić information content (AvgIpc) is 2.60. The van der Waals surface area contributed by atoms with Crippen LogP contribution in [0, 0.1) is 19.7 Å². The van der Waals surface area contributed by atoms with E-state index in [-0.39, 0.29) is 0 Å². The van der Waals surface area contributed by atoms with Crippen LogP contribution in [0.2, 0.25) is 30.1 Å². The van der Waals surface area contributed by atoms with Crippen LogP contribution in [0.1, 0.15) is 23.3 Å². The van der Waals surface area contributed by atoms with Crippen LogP contribution >= 0.6 is 115 Å². The molecule has 1 nitrogen and oxygen atoms in total. The van der Waals surface area contributed by atoms with Crippen molar-refractivity contribution in [3.63, 3.8) is 0 Å². The Morgan fingerprint density at radius 1 is 0.593 bits per heavy atom. The van der Waals surface area contributed by atoms with Crippen molar-refractivity contribution < 1.29 is 4.74 Å². The van der Waals surface area contributed by atoms with Crippen molar-refractivity contribution in [3.8, 4) is 19.7 Å². The molecule has 0 N–H and O–H groups in total.